The lowest BCUT2D eigenvalue weighted by Crippen LogP contribution is -2.26. The molecule has 1 aliphatic heterocycles. The molecule has 104 valence electrons. The maximum Gasteiger partial charge on any atom is 0.226 e. The van der Waals surface area contributed by atoms with E-state index in [1.165, 1.54) is 51.4 Å². The Morgan fingerprint density at radius 2 is 1.63 bits per heavy atom. The van der Waals surface area contributed by atoms with Gasteiger partial charge in [0.25, 0.3) is 0 Å². The number of anilines is 1. The lowest BCUT2D eigenvalue weighted by molar-refractivity contribution is 0.682. The molecule has 1 saturated heterocycles. The maximum atomic E-state index is 6.21. The average Bonchev–Trinajstić information content (AvgIpc) is 2.81. The minimum Gasteiger partial charge on any atom is -0.341 e. The molecule has 0 N–H and O–H groups in total. The predicted molar refractivity (Wildman–Crippen MR) is 78.9 cm³/mol. The SMILES string of the molecule is Clc1cc(C2CCCC2)nc(N2CCCCCC2)n1. The van der Waals surface area contributed by atoms with Crippen LogP contribution in [0, 0.1) is 0 Å². The van der Waals surface area contributed by atoms with Gasteiger partial charge in [-0.05, 0) is 31.7 Å². The Morgan fingerprint density at radius 3 is 2.32 bits per heavy atom. The Labute approximate surface area is 120 Å². The van der Waals surface area contributed by atoms with Gasteiger partial charge in [-0.3, -0.25) is 0 Å². The summed E-state index contributed by atoms with van der Waals surface area (Å²) in [6, 6.07) is 1.97. The Hall–Kier alpha value is -0.830. The van der Waals surface area contributed by atoms with Gasteiger partial charge in [0.2, 0.25) is 5.95 Å². The topological polar surface area (TPSA) is 29.0 Å². The summed E-state index contributed by atoms with van der Waals surface area (Å²) in [6.45, 7) is 2.15. The van der Waals surface area contributed by atoms with Crippen molar-refractivity contribution in [3.8, 4) is 0 Å². The largest absolute Gasteiger partial charge is 0.341 e. The van der Waals surface area contributed by atoms with E-state index in [0.29, 0.717) is 11.1 Å². The van der Waals surface area contributed by atoms with Gasteiger partial charge < -0.3 is 4.90 Å². The summed E-state index contributed by atoms with van der Waals surface area (Å²) in [6.07, 6.45) is 10.3. The highest BCUT2D eigenvalue weighted by molar-refractivity contribution is 6.29. The molecule has 0 spiro atoms. The van der Waals surface area contributed by atoms with Crippen molar-refractivity contribution in [3.63, 3.8) is 0 Å². The maximum absolute atomic E-state index is 6.21. The fraction of sp³-hybridized carbons (Fsp3) is 0.733. The second-order valence-corrected chi connectivity index (χ2v) is 6.19. The van der Waals surface area contributed by atoms with Crippen LogP contribution in [-0.2, 0) is 0 Å². The second-order valence-electron chi connectivity index (χ2n) is 5.80. The van der Waals surface area contributed by atoms with E-state index < -0.39 is 0 Å². The van der Waals surface area contributed by atoms with E-state index >= 15 is 0 Å². The summed E-state index contributed by atoms with van der Waals surface area (Å²) in [5.74, 6) is 1.46. The van der Waals surface area contributed by atoms with Gasteiger partial charge in [0, 0.05) is 19.0 Å². The van der Waals surface area contributed by atoms with Gasteiger partial charge in [-0.2, -0.15) is 0 Å². The molecule has 0 bridgehead atoms. The highest BCUT2D eigenvalue weighted by atomic mass is 35.5. The average molecular weight is 280 g/mol. The molecule has 0 radical (unpaired) electrons. The number of hydrogen-bond acceptors (Lipinski definition) is 3. The molecule has 1 aliphatic carbocycles. The minimum absolute atomic E-state index is 0.603. The molecule has 4 heteroatoms. The van der Waals surface area contributed by atoms with Gasteiger partial charge in [-0.15, -0.1) is 0 Å². The highest BCUT2D eigenvalue weighted by Gasteiger charge is 2.21. The standard InChI is InChI=1S/C15H22ClN3/c16-14-11-13(12-7-3-4-8-12)17-15(18-14)19-9-5-1-2-6-10-19/h11-12H,1-10H2. The second kappa shape index (κ2) is 6.08. The summed E-state index contributed by atoms with van der Waals surface area (Å²) in [4.78, 5) is 11.6. The third-order valence-corrected chi connectivity index (χ3v) is 4.56. The van der Waals surface area contributed by atoms with Crippen LogP contribution < -0.4 is 4.90 Å². The number of rotatable bonds is 2. The number of halogens is 1. The van der Waals surface area contributed by atoms with Crippen molar-refractivity contribution in [1.82, 2.24) is 9.97 Å². The quantitative estimate of drug-likeness (QED) is 0.761. The van der Waals surface area contributed by atoms with Crippen molar-refractivity contribution in [1.29, 1.82) is 0 Å². The molecule has 3 rings (SSSR count). The lowest BCUT2D eigenvalue weighted by Gasteiger charge is -2.21. The predicted octanol–water partition coefficient (Wildman–Crippen LogP) is 4.17. The van der Waals surface area contributed by atoms with E-state index in [2.05, 4.69) is 9.88 Å². The Bertz CT molecular complexity index is 421. The third-order valence-electron chi connectivity index (χ3n) is 4.37. The van der Waals surface area contributed by atoms with Gasteiger partial charge in [0.15, 0.2) is 0 Å². The van der Waals surface area contributed by atoms with E-state index in [9.17, 15) is 0 Å². The zero-order valence-corrected chi connectivity index (χ0v) is 12.2. The van der Waals surface area contributed by atoms with Gasteiger partial charge in [-0.25, -0.2) is 9.97 Å². The van der Waals surface area contributed by atoms with Gasteiger partial charge in [0.05, 0.1) is 5.69 Å². The van der Waals surface area contributed by atoms with Crippen molar-refractivity contribution in [3.05, 3.63) is 16.9 Å². The van der Waals surface area contributed by atoms with Crippen LogP contribution in [0.15, 0.2) is 6.07 Å². The molecule has 2 heterocycles. The van der Waals surface area contributed by atoms with Gasteiger partial charge >= 0.3 is 0 Å². The van der Waals surface area contributed by atoms with E-state index in [4.69, 9.17) is 16.6 Å². The molecule has 0 aromatic carbocycles. The normalized spacial score (nSPS) is 21.6. The molecule has 1 saturated carbocycles. The molecule has 1 aromatic rings. The van der Waals surface area contributed by atoms with E-state index in [-0.39, 0.29) is 0 Å². The molecular weight excluding hydrogens is 258 g/mol. The minimum atomic E-state index is 0.603. The van der Waals surface area contributed by atoms with Crippen LogP contribution in [0.3, 0.4) is 0 Å². The van der Waals surface area contributed by atoms with Crippen molar-refractivity contribution in [2.24, 2.45) is 0 Å². The van der Waals surface area contributed by atoms with Crippen molar-refractivity contribution < 1.29 is 0 Å². The molecule has 2 aliphatic rings. The fourth-order valence-corrected chi connectivity index (χ4v) is 3.45. The first kappa shape index (κ1) is 13.2. The first-order chi connectivity index (χ1) is 9.33. The first-order valence-electron chi connectivity index (χ1n) is 7.62. The molecule has 0 unspecified atom stereocenters. The molecule has 3 nitrogen and oxygen atoms in total. The van der Waals surface area contributed by atoms with Crippen LogP contribution in [0.4, 0.5) is 5.95 Å². The summed E-state index contributed by atoms with van der Waals surface area (Å²) in [5, 5.41) is 0.608. The Morgan fingerprint density at radius 1 is 0.947 bits per heavy atom. The number of nitrogens with zero attached hydrogens (tertiary/aromatic N) is 3. The summed E-state index contributed by atoms with van der Waals surface area (Å²) >= 11 is 6.21. The van der Waals surface area contributed by atoms with Crippen molar-refractivity contribution >= 4 is 17.5 Å². The zero-order valence-electron chi connectivity index (χ0n) is 11.4. The van der Waals surface area contributed by atoms with Crippen LogP contribution in [0.25, 0.3) is 0 Å². The van der Waals surface area contributed by atoms with Crippen LogP contribution in [-0.4, -0.2) is 23.1 Å². The molecule has 1 aromatic heterocycles. The summed E-state index contributed by atoms with van der Waals surface area (Å²) in [7, 11) is 0. The monoisotopic (exact) mass is 279 g/mol. The number of hydrogen-bond donors (Lipinski definition) is 0. The summed E-state index contributed by atoms with van der Waals surface area (Å²) in [5.41, 5.74) is 1.16. The Kier molecular flexibility index (Phi) is 4.21. The highest BCUT2D eigenvalue weighted by Crippen LogP contribution is 2.34. The van der Waals surface area contributed by atoms with E-state index in [1.54, 1.807) is 0 Å². The lowest BCUT2D eigenvalue weighted by atomic mass is 10.0. The van der Waals surface area contributed by atoms with E-state index in [0.717, 1.165) is 24.7 Å². The summed E-state index contributed by atoms with van der Waals surface area (Å²) < 4.78 is 0. The molecule has 2 fully saturated rings. The van der Waals surface area contributed by atoms with Gasteiger partial charge in [-0.1, -0.05) is 37.3 Å². The van der Waals surface area contributed by atoms with E-state index in [1.807, 2.05) is 6.07 Å². The fourth-order valence-electron chi connectivity index (χ4n) is 3.27. The smallest absolute Gasteiger partial charge is 0.226 e. The van der Waals surface area contributed by atoms with Crippen molar-refractivity contribution in [2.45, 2.75) is 57.3 Å². The zero-order chi connectivity index (χ0) is 13.1. The van der Waals surface area contributed by atoms with Crippen LogP contribution in [0.1, 0.15) is 63.0 Å². The Balaban J connectivity index is 1.83. The van der Waals surface area contributed by atoms with Crippen LogP contribution >= 0.6 is 11.6 Å². The first-order valence-corrected chi connectivity index (χ1v) is 8.00. The van der Waals surface area contributed by atoms with Crippen molar-refractivity contribution in [2.75, 3.05) is 18.0 Å². The van der Waals surface area contributed by atoms with Gasteiger partial charge in [0.1, 0.15) is 5.15 Å². The molecule has 19 heavy (non-hydrogen) atoms. The third kappa shape index (κ3) is 3.19. The molecule has 0 amide bonds. The molecular formula is C15H22ClN3. The number of aromatic nitrogens is 2. The van der Waals surface area contributed by atoms with Crippen LogP contribution in [0.2, 0.25) is 5.15 Å². The molecule has 0 atom stereocenters. The van der Waals surface area contributed by atoms with Crippen LogP contribution in [0.5, 0.6) is 0 Å².